The second-order valence-corrected chi connectivity index (χ2v) is 15.5. The van der Waals surface area contributed by atoms with Gasteiger partial charge in [-0.25, -0.2) is 4.79 Å². The van der Waals surface area contributed by atoms with Gasteiger partial charge in [0.2, 0.25) is 0 Å². The number of imide groups is 1. The van der Waals surface area contributed by atoms with Crippen molar-refractivity contribution < 1.29 is 23.5 Å². The second kappa shape index (κ2) is 7.99. The highest BCUT2D eigenvalue weighted by Crippen LogP contribution is 2.46. The third-order valence-electron chi connectivity index (χ3n) is 8.01. The van der Waals surface area contributed by atoms with Crippen molar-refractivity contribution in [1.29, 1.82) is 0 Å². The maximum atomic E-state index is 13.4. The summed E-state index contributed by atoms with van der Waals surface area (Å²) in [6, 6.07) is 6.07. The Labute approximate surface area is 191 Å². The van der Waals surface area contributed by atoms with Gasteiger partial charge in [0.25, 0.3) is 11.8 Å². The number of amides is 3. The number of benzene rings is 1. The lowest BCUT2D eigenvalue weighted by Crippen LogP contribution is -2.55. The molecule has 0 spiro atoms. The van der Waals surface area contributed by atoms with Gasteiger partial charge in [0.1, 0.15) is 0 Å². The molecule has 8 heteroatoms. The summed E-state index contributed by atoms with van der Waals surface area (Å²) < 4.78 is 11.7. The fraction of sp³-hybridized carbons (Fsp3) is 0.625. The number of methoxy groups -OCH3 is 1. The van der Waals surface area contributed by atoms with Crippen LogP contribution in [0.1, 0.15) is 60.7 Å². The Morgan fingerprint density at radius 3 is 2.22 bits per heavy atom. The molecule has 2 aliphatic heterocycles. The summed E-state index contributed by atoms with van der Waals surface area (Å²) in [5, 5.41) is 0.00257. The Morgan fingerprint density at radius 2 is 1.69 bits per heavy atom. The summed E-state index contributed by atoms with van der Waals surface area (Å²) in [5.74, 6) is -0.514. The summed E-state index contributed by atoms with van der Waals surface area (Å²) >= 11 is 0. The first kappa shape index (κ1) is 23.0. The molecule has 0 N–H and O–H groups in total. The monoisotopic (exact) mass is 458 g/mol. The number of carbonyl (C=O) groups is 3. The highest BCUT2D eigenvalue weighted by atomic mass is 28.4. The van der Waals surface area contributed by atoms with Gasteiger partial charge in [-0.1, -0.05) is 39.3 Å². The molecule has 2 heterocycles. The quantitative estimate of drug-likeness (QED) is 0.497. The number of hydrogen-bond acceptors (Lipinski definition) is 5. The van der Waals surface area contributed by atoms with Gasteiger partial charge < -0.3 is 9.16 Å². The van der Waals surface area contributed by atoms with Gasteiger partial charge in [-0.3, -0.25) is 19.4 Å². The van der Waals surface area contributed by atoms with Gasteiger partial charge in [0.15, 0.2) is 8.32 Å². The van der Waals surface area contributed by atoms with Crippen LogP contribution >= 0.6 is 0 Å². The van der Waals surface area contributed by atoms with Crippen LogP contribution in [0.15, 0.2) is 24.3 Å². The van der Waals surface area contributed by atoms with Crippen molar-refractivity contribution in [3.8, 4) is 0 Å². The van der Waals surface area contributed by atoms with Crippen molar-refractivity contribution >= 4 is 26.2 Å². The van der Waals surface area contributed by atoms with Gasteiger partial charge in [-0.2, -0.15) is 0 Å². The number of nitrogens with zero attached hydrogens (tertiary/aromatic N) is 2. The number of carbonyl (C=O) groups excluding carboxylic acids is 3. The molecular formula is C24H34N2O5Si. The van der Waals surface area contributed by atoms with Crippen LogP contribution < -0.4 is 0 Å². The number of likely N-dealkylation sites (tertiary alicyclic amines) is 1. The van der Waals surface area contributed by atoms with Gasteiger partial charge >= 0.3 is 6.09 Å². The van der Waals surface area contributed by atoms with Crippen molar-refractivity contribution in [2.75, 3.05) is 13.7 Å². The van der Waals surface area contributed by atoms with Crippen molar-refractivity contribution in [2.45, 2.75) is 76.3 Å². The lowest BCUT2D eigenvalue weighted by atomic mass is 9.94. The van der Waals surface area contributed by atoms with Crippen LogP contribution in [0.5, 0.6) is 0 Å². The molecule has 0 unspecified atom stereocenters. The minimum atomic E-state index is -2.12. The zero-order valence-corrected chi connectivity index (χ0v) is 20.9. The molecule has 1 aromatic carbocycles. The predicted molar refractivity (Wildman–Crippen MR) is 123 cm³/mol. The van der Waals surface area contributed by atoms with Crippen LogP contribution in [-0.4, -0.2) is 67.9 Å². The first-order valence-corrected chi connectivity index (χ1v) is 14.4. The third-order valence-corrected chi connectivity index (χ3v) is 12.5. The number of fused-ring (bicyclic) bond motifs is 2. The van der Waals surface area contributed by atoms with E-state index in [0.717, 1.165) is 19.3 Å². The standard InChI is InChI=1S/C24H34N2O5Si/c1-24(2,3)32(5,6)31-14-19-20(17-12-9-13-18(17)25(19)23(29)30-4)26-21(27)15-10-7-8-11-16(15)22(26)28/h7-8,10-11,17-20H,9,12-14H2,1-6H3/t17-,18+,19-,20-/m0/s1. The van der Waals surface area contributed by atoms with Crippen LogP contribution in [-0.2, 0) is 9.16 Å². The smallest absolute Gasteiger partial charge is 0.410 e. The first-order valence-electron chi connectivity index (χ1n) is 11.5. The SMILES string of the molecule is COC(=O)N1[C@@H]2CCC[C@@H]2[C@H](N2C(=O)c3ccccc3C2=O)[C@@H]1CO[Si](C)(C)C(C)(C)C. The average Bonchev–Trinajstić information content (AvgIpc) is 3.38. The Hall–Kier alpha value is -2.19. The average molecular weight is 459 g/mol. The van der Waals surface area contributed by atoms with Crippen LogP contribution in [0.2, 0.25) is 18.1 Å². The Balaban J connectivity index is 1.72. The lowest BCUT2D eigenvalue weighted by molar-refractivity contribution is 0.0432. The normalized spacial score (nSPS) is 27.7. The van der Waals surface area contributed by atoms with E-state index in [1.807, 2.05) is 0 Å². The van der Waals surface area contributed by atoms with Crippen molar-refractivity contribution in [3.05, 3.63) is 35.4 Å². The number of hydrogen-bond donors (Lipinski definition) is 0. The summed E-state index contributed by atoms with van der Waals surface area (Å²) in [6.07, 6.45) is 2.26. The zero-order valence-electron chi connectivity index (χ0n) is 19.9. The minimum Gasteiger partial charge on any atom is -0.453 e. The molecule has 32 heavy (non-hydrogen) atoms. The van der Waals surface area contributed by atoms with E-state index in [4.69, 9.17) is 9.16 Å². The molecule has 4 atom stereocenters. The maximum Gasteiger partial charge on any atom is 0.410 e. The summed E-state index contributed by atoms with van der Waals surface area (Å²) in [6.45, 7) is 11.1. The van der Waals surface area contributed by atoms with Crippen LogP contribution in [0, 0.1) is 5.92 Å². The summed E-state index contributed by atoms with van der Waals surface area (Å²) in [7, 11) is -0.735. The molecule has 174 valence electrons. The molecule has 1 aromatic rings. The van der Waals surface area contributed by atoms with E-state index in [1.54, 1.807) is 29.2 Å². The zero-order chi connectivity index (χ0) is 23.4. The third kappa shape index (κ3) is 3.48. The first-order chi connectivity index (χ1) is 15.0. The molecule has 3 aliphatic rings. The fourth-order valence-electron chi connectivity index (χ4n) is 5.32. The summed E-state index contributed by atoms with van der Waals surface area (Å²) in [4.78, 5) is 42.8. The lowest BCUT2D eigenvalue weighted by Gasteiger charge is -2.40. The Morgan fingerprint density at radius 1 is 1.09 bits per heavy atom. The molecule has 0 aromatic heterocycles. The molecular weight excluding hydrogens is 424 g/mol. The van der Waals surface area contributed by atoms with E-state index in [0.29, 0.717) is 11.1 Å². The van der Waals surface area contributed by atoms with Crippen LogP contribution in [0.4, 0.5) is 4.79 Å². The molecule has 4 rings (SSSR count). The second-order valence-electron chi connectivity index (χ2n) is 10.7. The molecule has 1 saturated carbocycles. The van der Waals surface area contributed by atoms with E-state index < -0.39 is 26.5 Å². The van der Waals surface area contributed by atoms with Gasteiger partial charge in [0.05, 0.1) is 36.9 Å². The number of rotatable bonds is 4. The fourth-order valence-corrected chi connectivity index (χ4v) is 6.34. The van der Waals surface area contributed by atoms with Crippen molar-refractivity contribution in [3.63, 3.8) is 0 Å². The molecule has 3 amide bonds. The Kier molecular flexibility index (Phi) is 5.74. The van der Waals surface area contributed by atoms with Crippen LogP contribution in [0.3, 0.4) is 0 Å². The molecule has 2 fully saturated rings. The molecule has 1 saturated heterocycles. The van der Waals surface area contributed by atoms with E-state index in [-0.39, 0.29) is 35.4 Å². The maximum absolute atomic E-state index is 13.4. The minimum absolute atomic E-state index is 0.00257. The molecule has 0 bridgehead atoms. The number of ether oxygens (including phenoxy) is 1. The van der Waals surface area contributed by atoms with Crippen molar-refractivity contribution in [2.24, 2.45) is 5.92 Å². The predicted octanol–water partition coefficient (Wildman–Crippen LogP) is 4.29. The summed E-state index contributed by atoms with van der Waals surface area (Å²) in [5.41, 5.74) is 0.875. The van der Waals surface area contributed by atoms with Gasteiger partial charge in [0, 0.05) is 12.0 Å². The highest BCUT2D eigenvalue weighted by molar-refractivity contribution is 6.74. The largest absolute Gasteiger partial charge is 0.453 e. The van der Waals surface area contributed by atoms with Crippen molar-refractivity contribution in [1.82, 2.24) is 9.80 Å². The molecule has 1 aliphatic carbocycles. The van der Waals surface area contributed by atoms with Gasteiger partial charge in [-0.05, 0) is 43.1 Å². The van der Waals surface area contributed by atoms with Gasteiger partial charge in [-0.15, -0.1) is 0 Å². The highest BCUT2D eigenvalue weighted by Gasteiger charge is 2.59. The molecule has 7 nitrogen and oxygen atoms in total. The van der Waals surface area contributed by atoms with Crippen LogP contribution in [0.25, 0.3) is 0 Å². The van der Waals surface area contributed by atoms with E-state index >= 15 is 0 Å². The van der Waals surface area contributed by atoms with E-state index in [9.17, 15) is 14.4 Å². The Bertz CT molecular complexity index is 906. The molecule has 0 radical (unpaired) electrons. The topological polar surface area (TPSA) is 76.2 Å². The van der Waals surface area contributed by atoms with E-state index in [1.165, 1.54) is 12.0 Å². The van der Waals surface area contributed by atoms with E-state index in [2.05, 4.69) is 33.9 Å².